The Bertz CT molecular complexity index is 1180. The minimum Gasteiger partial charge on any atom is -0.332 e. The molecule has 154 valence electrons. The number of thiocarbonyl (C=S) groups is 1. The smallest absolute Gasteiger partial charge is 0.266 e. The van der Waals surface area contributed by atoms with Crippen molar-refractivity contribution in [1.29, 1.82) is 0 Å². The molecule has 0 aliphatic carbocycles. The fourth-order valence-corrected chi connectivity index (χ4v) is 3.77. The number of rotatable bonds is 3. The van der Waals surface area contributed by atoms with Crippen LogP contribution in [0.3, 0.4) is 0 Å². The van der Waals surface area contributed by atoms with E-state index in [0.29, 0.717) is 28.1 Å². The summed E-state index contributed by atoms with van der Waals surface area (Å²) in [5.74, 6) is -0.998. The molecule has 2 N–H and O–H groups in total. The van der Waals surface area contributed by atoms with Gasteiger partial charge >= 0.3 is 0 Å². The maximum Gasteiger partial charge on any atom is 0.266 e. The monoisotopic (exact) mass is 429 g/mol. The molecule has 31 heavy (non-hydrogen) atoms. The highest BCUT2D eigenvalue weighted by Gasteiger charge is 2.36. The van der Waals surface area contributed by atoms with Gasteiger partial charge in [0.2, 0.25) is 0 Å². The molecule has 7 heteroatoms. The van der Waals surface area contributed by atoms with Gasteiger partial charge in [0, 0.05) is 11.3 Å². The number of nitrogens with one attached hydrogen (secondary N) is 2. The predicted octanol–water partition coefficient (Wildman–Crippen LogP) is 4.23. The van der Waals surface area contributed by atoms with Gasteiger partial charge in [-0.3, -0.25) is 19.7 Å². The molecule has 3 amide bonds. The Kier molecular flexibility index (Phi) is 5.35. The van der Waals surface area contributed by atoms with E-state index in [2.05, 4.69) is 10.6 Å². The molecule has 4 rings (SSSR count). The van der Waals surface area contributed by atoms with Crippen LogP contribution in [0.5, 0.6) is 0 Å². The molecular formula is C24H19N3O3S. The van der Waals surface area contributed by atoms with E-state index in [1.54, 1.807) is 60.7 Å². The summed E-state index contributed by atoms with van der Waals surface area (Å²) in [6.07, 6.45) is 0. The van der Waals surface area contributed by atoms with Gasteiger partial charge in [0.25, 0.3) is 17.7 Å². The lowest BCUT2D eigenvalue weighted by Crippen LogP contribution is -2.34. The van der Waals surface area contributed by atoms with Crippen LogP contribution in [0.2, 0.25) is 0 Å². The van der Waals surface area contributed by atoms with Crippen LogP contribution in [-0.2, 0) is 0 Å². The van der Waals surface area contributed by atoms with Crippen LogP contribution in [0, 0.1) is 13.8 Å². The molecule has 1 aliphatic rings. The highest BCUT2D eigenvalue weighted by molar-refractivity contribution is 7.80. The number of anilines is 2. The third kappa shape index (κ3) is 4.08. The summed E-state index contributed by atoms with van der Waals surface area (Å²) in [7, 11) is 0. The zero-order valence-electron chi connectivity index (χ0n) is 16.9. The lowest BCUT2D eigenvalue weighted by molar-refractivity contribution is 0.0923. The average molecular weight is 430 g/mol. The summed E-state index contributed by atoms with van der Waals surface area (Å²) in [5.41, 5.74) is 4.38. The van der Waals surface area contributed by atoms with E-state index in [4.69, 9.17) is 12.2 Å². The molecule has 0 fully saturated rings. The number of hydrogen-bond acceptors (Lipinski definition) is 4. The molecular weight excluding hydrogens is 410 g/mol. The fourth-order valence-electron chi connectivity index (χ4n) is 3.56. The lowest BCUT2D eigenvalue weighted by atomic mass is 10.1. The quantitative estimate of drug-likeness (QED) is 0.481. The number of aryl methyl sites for hydroxylation is 2. The van der Waals surface area contributed by atoms with Crippen LogP contribution in [0.4, 0.5) is 11.4 Å². The third-order valence-corrected chi connectivity index (χ3v) is 5.09. The average Bonchev–Trinajstić information content (AvgIpc) is 2.98. The second kappa shape index (κ2) is 8.12. The van der Waals surface area contributed by atoms with Crippen LogP contribution in [0.25, 0.3) is 0 Å². The van der Waals surface area contributed by atoms with Crippen molar-refractivity contribution in [3.63, 3.8) is 0 Å². The van der Waals surface area contributed by atoms with Gasteiger partial charge in [-0.05, 0) is 74.6 Å². The maximum atomic E-state index is 12.6. The van der Waals surface area contributed by atoms with E-state index in [-0.39, 0.29) is 22.8 Å². The van der Waals surface area contributed by atoms with Crippen molar-refractivity contribution in [3.8, 4) is 0 Å². The van der Waals surface area contributed by atoms with Gasteiger partial charge < -0.3 is 5.32 Å². The van der Waals surface area contributed by atoms with Crippen molar-refractivity contribution in [1.82, 2.24) is 5.32 Å². The lowest BCUT2D eigenvalue weighted by Gasteiger charge is -2.15. The Balaban J connectivity index is 1.43. The van der Waals surface area contributed by atoms with Crippen molar-refractivity contribution in [2.45, 2.75) is 13.8 Å². The third-order valence-electron chi connectivity index (χ3n) is 4.89. The van der Waals surface area contributed by atoms with E-state index < -0.39 is 0 Å². The Morgan fingerprint density at radius 2 is 1.39 bits per heavy atom. The summed E-state index contributed by atoms with van der Waals surface area (Å²) in [4.78, 5) is 38.8. The van der Waals surface area contributed by atoms with Crippen LogP contribution in [0.15, 0.2) is 66.7 Å². The molecule has 3 aromatic rings. The van der Waals surface area contributed by atoms with Crippen molar-refractivity contribution in [2.75, 3.05) is 10.2 Å². The molecule has 3 aromatic carbocycles. The van der Waals surface area contributed by atoms with Gasteiger partial charge in [-0.25, -0.2) is 4.90 Å². The first-order valence-corrected chi connectivity index (χ1v) is 10.0. The largest absolute Gasteiger partial charge is 0.332 e. The topological polar surface area (TPSA) is 78.5 Å². The van der Waals surface area contributed by atoms with E-state index >= 15 is 0 Å². The highest BCUT2D eigenvalue weighted by atomic mass is 32.1. The zero-order valence-corrected chi connectivity index (χ0v) is 17.7. The number of benzene rings is 3. The molecule has 1 aliphatic heterocycles. The second-order valence-electron chi connectivity index (χ2n) is 7.32. The molecule has 0 unspecified atom stereocenters. The second-order valence-corrected chi connectivity index (χ2v) is 7.73. The molecule has 0 aromatic heterocycles. The van der Waals surface area contributed by atoms with Crippen molar-refractivity contribution >= 4 is 46.4 Å². The van der Waals surface area contributed by atoms with Gasteiger partial charge in [-0.2, -0.15) is 0 Å². The van der Waals surface area contributed by atoms with Gasteiger partial charge in [0.1, 0.15) is 0 Å². The molecule has 0 bridgehead atoms. The van der Waals surface area contributed by atoms with Crippen molar-refractivity contribution in [3.05, 3.63) is 94.5 Å². The van der Waals surface area contributed by atoms with Gasteiger partial charge in [-0.15, -0.1) is 0 Å². The number of imide groups is 1. The molecule has 0 saturated carbocycles. The fraction of sp³-hybridized carbons (Fsp3) is 0.0833. The minimum absolute atomic E-state index is 0.151. The summed E-state index contributed by atoms with van der Waals surface area (Å²) in [5, 5.41) is 5.75. The summed E-state index contributed by atoms with van der Waals surface area (Å²) < 4.78 is 0. The van der Waals surface area contributed by atoms with E-state index in [1.165, 1.54) is 0 Å². The summed E-state index contributed by atoms with van der Waals surface area (Å²) in [6, 6.07) is 19.0. The number of nitrogens with zero attached hydrogens (tertiary/aromatic N) is 1. The highest BCUT2D eigenvalue weighted by Crippen LogP contribution is 2.29. The minimum atomic E-state index is -0.349. The maximum absolute atomic E-state index is 12.6. The first-order valence-electron chi connectivity index (χ1n) is 9.62. The predicted molar refractivity (Wildman–Crippen MR) is 124 cm³/mol. The van der Waals surface area contributed by atoms with Gasteiger partial charge in [0.15, 0.2) is 5.11 Å². The van der Waals surface area contributed by atoms with Crippen LogP contribution < -0.4 is 15.5 Å². The standard InChI is InChI=1S/C24H19N3O3S/c1-14-11-15(2)13-16(12-14)21(28)26-24(31)25-17-7-9-18(10-8-17)27-22(29)19-5-3-4-6-20(19)23(27)30/h3-13H,1-2H3,(H2,25,26,28,31). The molecule has 0 saturated heterocycles. The van der Waals surface area contributed by atoms with Crippen molar-refractivity contribution in [2.24, 2.45) is 0 Å². The molecule has 1 heterocycles. The summed E-state index contributed by atoms with van der Waals surface area (Å²) in [6.45, 7) is 3.85. The molecule has 0 radical (unpaired) electrons. The van der Waals surface area contributed by atoms with Crippen molar-refractivity contribution < 1.29 is 14.4 Å². The molecule has 0 atom stereocenters. The summed E-state index contributed by atoms with van der Waals surface area (Å²) >= 11 is 5.24. The van der Waals surface area contributed by atoms with Crippen LogP contribution in [-0.4, -0.2) is 22.8 Å². The SMILES string of the molecule is Cc1cc(C)cc(C(=O)NC(=S)Nc2ccc(N3C(=O)c4ccccc4C3=O)cc2)c1. The molecule has 0 spiro atoms. The Hall–Kier alpha value is -3.84. The Labute approximate surface area is 184 Å². The number of amides is 3. The van der Waals surface area contributed by atoms with Crippen LogP contribution >= 0.6 is 12.2 Å². The van der Waals surface area contributed by atoms with E-state index in [0.717, 1.165) is 16.0 Å². The molecule has 6 nitrogen and oxygen atoms in total. The number of carbonyl (C=O) groups is 3. The van der Waals surface area contributed by atoms with E-state index in [1.807, 2.05) is 19.9 Å². The Morgan fingerprint density at radius 1 is 0.839 bits per heavy atom. The van der Waals surface area contributed by atoms with Gasteiger partial charge in [0.05, 0.1) is 16.8 Å². The first-order chi connectivity index (χ1) is 14.8. The number of carbonyl (C=O) groups excluding carboxylic acids is 3. The first kappa shape index (κ1) is 20.4. The normalized spacial score (nSPS) is 12.5. The number of fused-ring (bicyclic) bond motifs is 1. The van der Waals surface area contributed by atoms with E-state index in [9.17, 15) is 14.4 Å². The van der Waals surface area contributed by atoms with Gasteiger partial charge in [-0.1, -0.05) is 29.3 Å². The number of hydrogen-bond donors (Lipinski definition) is 2. The zero-order chi connectivity index (χ0) is 22.1. The van der Waals surface area contributed by atoms with Crippen LogP contribution in [0.1, 0.15) is 42.2 Å². The Morgan fingerprint density at radius 3 is 1.94 bits per heavy atom.